The Morgan fingerprint density at radius 1 is 1.29 bits per heavy atom. The molecule has 0 radical (unpaired) electrons. The second-order valence-electron chi connectivity index (χ2n) is 4.49. The van der Waals surface area contributed by atoms with Gasteiger partial charge in [-0.3, -0.25) is 0 Å². The lowest BCUT2D eigenvalue weighted by Gasteiger charge is -2.13. The van der Waals surface area contributed by atoms with E-state index in [4.69, 9.17) is 4.74 Å². The first kappa shape index (κ1) is 13.7. The maximum Gasteiger partial charge on any atom is 0.338 e. The molecule has 0 aromatic heterocycles. The molecule has 0 saturated heterocycles. The summed E-state index contributed by atoms with van der Waals surface area (Å²) in [5, 5.41) is 9.91. The second-order valence-corrected chi connectivity index (χ2v) is 4.49. The number of hydrogen-bond acceptors (Lipinski definition) is 3. The molecular weight excluding hydrogens is 216 g/mol. The third-order valence-corrected chi connectivity index (χ3v) is 2.50. The Bertz CT molecular complexity index is 354. The zero-order valence-corrected chi connectivity index (χ0v) is 10.6. The van der Waals surface area contributed by atoms with E-state index in [9.17, 15) is 9.90 Å². The molecule has 94 valence electrons. The standard InChI is InChI=1S/C14H20O3/c1-4-17-14(16)12-7-5-11(6-8-12)13(15)9-10(2)3/h5-8,10,13,15H,4,9H2,1-3H3/t13-/m0/s1. The molecule has 1 atom stereocenters. The van der Waals surface area contributed by atoms with Gasteiger partial charge in [0, 0.05) is 0 Å². The topological polar surface area (TPSA) is 46.5 Å². The van der Waals surface area contributed by atoms with Gasteiger partial charge in [0.25, 0.3) is 0 Å². The molecule has 0 unspecified atom stereocenters. The molecule has 3 heteroatoms. The predicted octanol–water partition coefficient (Wildman–Crippen LogP) is 2.94. The molecule has 17 heavy (non-hydrogen) atoms. The third-order valence-electron chi connectivity index (χ3n) is 2.50. The summed E-state index contributed by atoms with van der Waals surface area (Å²) in [5.41, 5.74) is 1.36. The van der Waals surface area contributed by atoms with Crippen LogP contribution in [0.15, 0.2) is 24.3 Å². The number of aliphatic hydroxyl groups excluding tert-OH is 1. The average molecular weight is 236 g/mol. The highest BCUT2D eigenvalue weighted by atomic mass is 16.5. The molecule has 1 aromatic rings. The van der Waals surface area contributed by atoms with Crippen LogP contribution in [0.5, 0.6) is 0 Å². The van der Waals surface area contributed by atoms with Crippen LogP contribution in [0.1, 0.15) is 49.2 Å². The molecule has 0 bridgehead atoms. The minimum Gasteiger partial charge on any atom is -0.462 e. The molecule has 1 aromatic carbocycles. The average Bonchev–Trinajstić information content (AvgIpc) is 2.28. The highest BCUT2D eigenvalue weighted by Crippen LogP contribution is 2.21. The van der Waals surface area contributed by atoms with E-state index in [-0.39, 0.29) is 5.97 Å². The molecule has 0 heterocycles. The van der Waals surface area contributed by atoms with Crippen LogP contribution in [0.3, 0.4) is 0 Å². The quantitative estimate of drug-likeness (QED) is 0.799. The van der Waals surface area contributed by atoms with Crippen molar-refractivity contribution in [1.82, 2.24) is 0 Å². The smallest absolute Gasteiger partial charge is 0.338 e. The SMILES string of the molecule is CCOC(=O)c1ccc([C@@H](O)CC(C)C)cc1. The van der Waals surface area contributed by atoms with E-state index in [2.05, 4.69) is 13.8 Å². The van der Waals surface area contributed by atoms with Crippen LogP contribution in [0.25, 0.3) is 0 Å². The van der Waals surface area contributed by atoms with Gasteiger partial charge in [-0.1, -0.05) is 26.0 Å². The molecular formula is C14H20O3. The Morgan fingerprint density at radius 2 is 1.88 bits per heavy atom. The number of rotatable bonds is 5. The number of aliphatic hydroxyl groups is 1. The zero-order chi connectivity index (χ0) is 12.8. The van der Waals surface area contributed by atoms with Gasteiger partial charge in [-0.2, -0.15) is 0 Å². The summed E-state index contributed by atoms with van der Waals surface area (Å²) in [6.45, 7) is 6.28. The van der Waals surface area contributed by atoms with Crippen molar-refractivity contribution in [3.8, 4) is 0 Å². The van der Waals surface area contributed by atoms with Crippen molar-refractivity contribution in [2.24, 2.45) is 5.92 Å². The van der Waals surface area contributed by atoms with Gasteiger partial charge in [0.15, 0.2) is 0 Å². The van der Waals surface area contributed by atoms with E-state index in [1.807, 2.05) is 0 Å². The van der Waals surface area contributed by atoms with E-state index in [1.54, 1.807) is 31.2 Å². The van der Waals surface area contributed by atoms with Crippen LogP contribution >= 0.6 is 0 Å². The largest absolute Gasteiger partial charge is 0.462 e. The van der Waals surface area contributed by atoms with Gasteiger partial charge >= 0.3 is 5.97 Å². The molecule has 1 rings (SSSR count). The molecule has 0 amide bonds. The van der Waals surface area contributed by atoms with E-state index in [1.165, 1.54) is 0 Å². The Kier molecular flexibility index (Phi) is 5.16. The summed E-state index contributed by atoms with van der Waals surface area (Å²) in [4.78, 5) is 11.4. The Morgan fingerprint density at radius 3 is 2.35 bits per heavy atom. The van der Waals surface area contributed by atoms with Crippen molar-refractivity contribution in [2.45, 2.75) is 33.3 Å². The molecule has 0 aliphatic rings. The van der Waals surface area contributed by atoms with Crippen LogP contribution in [0.4, 0.5) is 0 Å². The monoisotopic (exact) mass is 236 g/mol. The molecule has 0 aliphatic carbocycles. The van der Waals surface area contributed by atoms with Crippen LogP contribution in [0.2, 0.25) is 0 Å². The van der Waals surface area contributed by atoms with Crippen LogP contribution in [-0.4, -0.2) is 17.7 Å². The first-order valence-corrected chi connectivity index (χ1v) is 5.99. The van der Waals surface area contributed by atoms with E-state index < -0.39 is 6.10 Å². The lowest BCUT2D eigenvalue weighted by molar-refractivity contribution is 0.0526. The lowest BCUT2D eigenvalue weighted by Crippen LogP contribution is -2.06. The number of carbonyl (C=O) groups excluding carboxylic acids is 1. The van der Waals surface area contributed by atoms with Gasteiger partial charge in [-0.25, -0.2) is 4.79 Å². The lowest BCUT2D eigenvalue weighted by atomic mass is 9.99. The van der Waals surface area contributed by atoms with E-state index in [0.717, 1.165) is 12.0 Å². The number of esters is 1. The van der Waals surface area contributed by atoms with Gasteiger partial charge in [0.05, 0.1) is 18.3 Å². The maximum atomic E-state index is 11.4. The summed E-state index contributed by atoms with van der Waals surface area (Å²) >= 11 is 0. The Labute approximate surface area is 102 Å². The van der Waals surface area contributed by atoms with Crippen molar-refractivity contribution < 1.29 is 14.6 Å². The third kappa shape index (κ3) is 4.19. The van der Waals surface area contributed by atoms with Gasteiger partial charge in [0.2, 0.25) is 0 Å². The normalized spacial score (nSPS) is 12.5. The minimum absolute atomic E-state index is 0.322. The number of benzene rings is 1. The molecule has 3 nitrogen and oxygen atoms in total. The highest BCUT2D eigenvalue weighted by molar-refractivity contribution is 5.89. The molecule has 1 N–H and O–H groups in total. The number of carbonyl (C=O) groups is 1. The molecule has 0 spiro atoms. The van der Waals surface area contributed by atoms with Crippen molar-refractivity contribution in [3.05, 3.63) is 35.4 Å². The fourth-order valence-corrected chi connectivity index (χ4v) is 1.64. The van der Waals surface area contributed by atoms with E-state index >= 15 is 0 Å². The Balaban J connectivity index is 2.70. The van der Waals surface area contributed by atoms with Gasteiger partial charge in [-0.15, -0.1) is 0 Å². The predicted molar refractivity (Wildman–Crippen MR) is 66.8 cm³/mol. The van der Waals surface area contributed by atoms with Gasteiger partial charge in [0.1, 0.15) is 0 Å². The molecule has 0 saturated carbocycles. The first-order chi connectivity index (χ1) is 8.04. The van der Waals surface area contributed by atoms with Crippen molar-refractivity contribution >= 4 is 5.97 Å². The fraction of sp³-hybridized carbons (Fsp3) is 0.500. The number of ether oxygens (including phenoxy) is 1. The second kappa shape index (κ2) is 6.40. The summed E-state index contributed by atoms with van der Waals surface area (Å²) in [6, 6.07) is 6.94. The van der Waals surface area contributed by atoms with Crippen molar-refractivity contribution in [1.29, 1.82) is 0 Å². The maximum absolute atomic E-state index is 11.4. The highest BCUT2D eigenvalue weighted by Gasteiger charge is 2.11. The molecule has 0 aliphatic heterocycles. The number of hydrogen-bond donors (Lipinski definition) is 1. The zero-order valence-electron chi connectivity index (χ0n) is 10.6. The summed E-state index contributed by atoms with van der Waals surface area (Å²) in [5.74, 6) is 0.118. The van der Waals surface area contributed by atoms with E-state index in [0.29, 0.717) is 18.1 Å². The molecule has 0 fully saturated rings. The fourth-order valence-electron chi connectivity index (χ4n) is 1.64. The van der Waals surface area contributed by atoms with Gasteiger partial charge in [-0.05, 0) is 37.0 Å². The van der Waals surface area contributed by atoms with Crippen molar-refractivity contribution in [3.63, 3.8) is 0 Å². The van der Waals surface area contributed by atoms with Crippen LogP contribution < -0.4 is 0 Å². The Hall–Kier alpha value is -1.35. The first-order valence-electron chi connectivity index (χ1n) is 5.99. The summed E-state index contributed by atoms with van der Waals surface area (Å²) < 4.78 is 4.89. The van der Waals surface area contributed by atoms with Crippen LogP contribution in [0, 0.1) is 5.92 Å². The summed E-state index contributed by atoms with van der Waals surface area (Å²) in [6.07, 6.45) is 0.255. The van der Waals surface area contributed by atoms with Crippen LogP contribution in [-0.2, 0) is 4.74 Å². The van der Waals surface area contributed by atoms with Gasteiger partial charge < -0.3 is 9.84 Å². The van der Waals surface area contributed by atoms with Crippen molar-refractivity contribution in [2.75, 3.05) is 6.61 Å². The summed E-state index contributed by atoms with van der Waals surface area (Å²) in [7, 11) is 0. The minimum atomic E-state index is -0.466.